The molecule has 0 heterocycles. The monoisotopic (exact) mass is 413 g/mol. The Morgan fingerprint density at radius 1 is 1.11 bits per heavy atom. The molecule has 1 aromatic rings. The minimum Gasteiger partial charge on any atom is -0.480 e. The van der Waals surface area contributed by atoms with Crippen LogP contribution in [0.3, 0.4) is 0 Å². The first-order valence-corrected chi connectivity index (χ1v) is 11.3. The fourth-order valence-electron chi connectivity index (χ4n) is 2.84. The molecule has 0 aliphatic rings. The third kappa shape index (κ3) is 10.6. The van der Waals surface area contributed by atoms with E-state index in [1.807, 2.05) is 6.92 Å². The molecule has 2 N–H and O–H groups in total. The predicted octanol–water partition coefficient (Wildman–Crippen LogP) is 6.30. The summed E-state index contributed by atoms with van der Waals surface area (Å²) in [5, 5.41) is 12.3. The number of benzene rings is 1. The predicted molar refractivity (Wildman–Crippen MR) is 116 cm³/mol. The molecule has 1 aromatic carbocycles. The Morgan fingerprint density at radius 2 is 1.74 bits per heavy atom. The zero-order valence-corrected chi connectivity index (χ0v) is 18.0. The highest BCUT2D eigenvalue weighted by Crippen LogP contribution is 2.22. The van der Waals surface area contributed by atoms with E-state index in [1.54, 1.807) is 18.2 Å². The van der Waals surface area contributed by atoms with Gasteiger partial charge in [-0.3, -0.25) is 9.59 Å². The molecule has 1 amide bonds. The Bertz CT molecular complexity index is 595. The molecule has 1 rings (SSSR count). The van der Waals surface area contributed by atoms with E-state index in [9.17, 15) is 14.7 Å². The standard InChI is InChI=1S/C21H32ClNO3S/c1-3-4-5-6-7-8-9-10-11-19(21(25)26)27-15-20(24)23-17-12-13-18(22)16(2)14-17/h12-14,19H,3-11,15H2,1-2H3,(H,23,24)(H,25,26). The fraction of sp³-hybridized carbons (Fsp3) is 0.619. The minimum absolute atomic E-state index is 0.135. The lowest BCUT2D eigenvalue weighted by molar-refractivity contribution is -0.136. The van der Waals surface area contributed by atoms with Gasteiger partial charge in [-0.15, -0.1) is 11.8 Å². The summed E-state index contributed by atoms with van der Waals surface area (Å²) in [4.78, 5) is 23.5. The van der Waals surface area contributed by atoms with Crippen LogP contribution in [0.1, 0.15) is 70.3 Å². The summed E-state index contributed by atoms with van der Waals surface area (Å²) in [5.74, 6) is -0.891. The van der Waals surface area contributed by atoms with Gasteiger partial charge >= 0.3 is 5.97 Å². The molecule has 0 spiro atoms. The quantitative estimate of drug-likeness (QED) is 0.351. The number of carboxylic acid groups (broad SMARTS) is 1. The van der Waals surface area contributed by atoms with Gasteiger partial charge in [0.1, 0.15) is 5.25 Å². The highest BCUT2D eigenvalue weighted by Gasteiger charge is 2.19. The molecule has 0 bridgehead atoms. The van der Waals surface area contributed by atoms with Gasteiger partial charge in [0, 0.05) is 10.7 Å². The third-order valence-electron chi connectivity index (χ3n) is 4.45. The number of hydrogen-bond acceptors (Lipinski definition) is 3. The van der Waals surface area contributed by atoms with E-state index in [4.69, 9.17) is 11.6 Å². The second-order valence-electron chi connectivity index (χ2n) is 6.91. The number of anilines is 1. The van der Waals surface area contributed by atoms with E-state index >= 15 is 0 Å². The normalized spacial score (nSPS) is 12.0. The van der Waals surface area contributed by atoms with Crippen molar-refractivity contribution in [2.24, 2.45) is 0 Å². The number of carbonyl (C=O) groups is 2. The molecule has 4 nitrogen and oxygen atoms in total. The summed E-state index contributed by atoms with van der Waals surface area (Å²) in [6, 6.07) is 5.29. The first-order chi connectivity index (χ1) is 12.9. The average Bonchev–Trinajstić information content (AvgIpc) is 2.62. The molecule has 1 unspecified atom stereocenters. The van der Waals surface area contributed by atoms with Gasteiger partial charge in [-0.25, -0.2) is 0 Å². The number of aliphatic carboxylic acids is 1. The van der Waals surface area contributed by atoms with Gasteiger partial charge in [-0.2, -0.15) is 0 Å². The fourth-order valence-corrected chi connectivity index (χ4v) is 3.86. The number of thioether (sulfide) groups is 1. The zero-order chi connectivity index (χ0) is 20.1. The van der Waals surface area contributed by atoms with Crippen LogP contribution in [0.4, 0.5) is 5.69 Å². The largest absolute Gasteiger partial charge is 0.480 e. The number of halogens is 1. The van der Waals surface area contributed by atoms with Crippen LogP contribution in [0.5, 0.6) is 0 Å². The van der Waals surface area contributed by atoms with Crippen molar-refractivity contribution in [3.63, 3.8) is 0 Å². The van der Waals surface area contributed by atoms with Crippen LogP contribution >= 0.6 is 23.4 Å². The summed E-state index contributed by atoms with van der Waals surface area (Å²) in [6.07, 6.45) is 10.1. The minimum atomic E-state index is -0.835. The lowest BCUT2D eigenvalue weighted by Crippen LogP contribution is -2.21. The van der Waals surface area contributed by atoms with Gasteiger partial charge < -0.3 is 10.4 Å². The van der Waals surface area contributed by atoms with Gasteiger partial charge in [0.2, 0.25) is 5.91 Å². The lowest BCUT2D eigenvalue weighted by atomic mass is 10.1. The van der Waals surface area contributed by atoms with Crippen LogP contribution in [0, 0.1) is 6.92 Å². The van der Waals surface area contributed by atoms with Crippen LogP contribution < -0.4 is 5.32 Å². The summed E-state index contributed by atoms with van der Waals surface area (Å²) in [6.45, 7) is 4.08. The van der Waals surface area contributed by atoms with Crippen LogP contribution in [0.25, 0.3) is 0 Å². The van der Waals surface area contributed by atoms with Crippen molar-refractivity contribution >= 4 is 40.9 Å². The Kier molecular flexibility index (Phi) is 12.3. The van der Waals surface area contributed by atoms with Gasteiger partial charge in [0.05, 0.1) is 5.75 Å². The van der Waals surface area contributed by atoms with Crippen molar-refractivity contribution in [3.8, 4) is 0 Å². The number of carboxylic acids is 1. The smallest absolute Gasteiger partial charge is 0.316 e. The summed E-state index contributed by atoms with van der Waals surface area (Å²) >= 11 is 7.18. The topological polar surface area (TPSA) is 66.4 Å². The van der Waals surface area contributed by atoms with Crippen LogP contribution in [-0.2, 0) is 9.59 Å². The van der Waals surface area contributed by atoms with Gasteiger partial charge in [-0.05, 0) is 37.1 Å². The van der Waals surface area contributed by atoms with Crippen LogP contribution in [0.2, 0.25) is 5.02 Å². The first-order valence-electron chi connectivity index (χ1n) is 9.84. The summed E-state index contributed by atoms with van der Waals surface area (Å²) in [5.41, 5.74) is 1.57. The maximum Gasteiger partial charge on any atom is 0.316 e. The number of rotatable bonds is 14. The van der Waals surface area contributed by atoms with Crippen LogP contribution in [-0.4, -0.2) is 28.0 Å². The summed E-state index contributed by atoms with van der Waals surface area (Å²) in [7, 11) is 0. The van der Waals surface area contributed by atoms with E-state index in [0.717, 1.165) is 24.8 Å². The number of hydrogen-bond donors (Lipinski definition) is 2. The Labute approximate surface area is 172 Å². The van der Waals surface area contributed by atoms with Crippen LogP contribution in [0.15, 0.2) is 18.2 Å². The molecule has 0 aliphatic carbocycles. The molecular weight excluding hydrogens is 382 g/mol. The van der Waals surface area contributed by atoms with Crippen molar-refractivity contribution in [2.75, 3.05) is 11.1 Å². The molecule has 0 radical (unpaired) electrons. The molecule has 27 heavy (non-hydrogen) atoms. The highest BCUT2D eigenvalue weighted by atomic mass is 35.5. The molecule has 0 saturated carbocycles. The Hall–Kier alpha value is -1.20. The Balaban J connectivity index is 2.26. The van der Waals surface area contributed by atoms with Gasteiger partial charge in [0.25, 0.3) is 0 Å². The van der Waals surface area contributed by atoms with E-state index in [-0.39, 0.29) is 11.7 Å². The van der Waals surface area contributed by atoms with Crippen molar-refractivity contribution in [1.82, 2.24) is 0 Å². The lowest BCUT2D eigenvalue weighted by Gasteiger charge is -2.12. The molecule has 0 aliphatic heterocycles. The van der Waals surface area contributed by atoms with Gasteiger partial charge in [-0.1, -0.05) is 69.9 Å². The molecule has 152 valence electrons. The molecular formula is C21H32ClNO3S. The Morgan fingerprint density at radius 3 is 2.33 bits per heavy atom. The van der Waals surface area contributed by atoms with Crippen molar-refractivity contribution in [1.29, 1.82) is 0 Å². The third-order valence-corrected chi connectivity index (χ3v) is 6.15. The SMILES string of the molecule is CCCCCCCCCCC(SCC(=O)Nc1ccc(Cl)c(C)c1)C(=O)O. The van der Waals surface area contributed by atoms with Crippen molar-refractivity contribution < 1.29 is 14.7 Å². The molecule has 6 heteroatoms. The molecule has 0 aromatic heterocycles. The second kappa shape index (κ2) is 13.9. The first kappa shape index (κ1) is 23.8. The molecule has 0 saturated heterocycles. The number of aryl methyl sites for hydroxylation is 1. The van der Waals surface area contributed by atoms with E-state index in [1.165, 1.54) is 43.9 Å². The molecule has 0 fully saturated rings. The average molecular weight is 414 g/mol. The van der Waals surface area contributed by atoms with Crippen molar-refractivity contribution in [2.45, 2.75) is 76.9 Å². The maximum absolute atomic E-state index is 12.1. The molecule has 1 atom stereocenters. The van der Waals surface area contributed by atoms with Crippen molar-refractivity contribution in [3.05, 3.63) is 28.8 Å². The van der Waals surface area contributed by atoms with E-state index in [2.05, 4.69) is 12.2 Å². The number of carbonyl (C=O) groups excluding carboxylic acids is 1. The summed E-state index contributed by atoms with van der Waals surface area (Å²) < 4.78 is 0. The zero-order valence-electron chi connectivity index (χ0n) is 16.4. The second-order valence-corrected chi connectivity index (χ2v) is 8.51. The maximum atomic E-state index is 12.1. The number of unbranched alkanes of at least 4 members (excludes halogenated alkanes) is 7. The van der Waals surface area contributed by atoms with E-state index < -0.39 is 11.2 Å². The number of amides is 1. The van der Waals surface area contributed by atoms with E-state index in [0.29, 0.717) is 17.1 Å². The number of nitrogens with one attached hydrogen (secondary N) is 1. The highest BCUT2D eigenvalue weighted by molar-refractivity contribution is 8.01. The van der Waals surface area contributed by atoms with Gasteiger partial charge in [0.15, 0.2) is 0 Å².